The van der Waals surface area contributed by atoms with Crippen LogP contribution in [-0.2, 0) is 4.79 Å². The van der Waals surface area contributed by atoms with E-state index < -0.39 is 16.7 Å². The number of hydrogen-bond acceptors (Lipinski definition) is 2. The van der Waals surface area contributed by atoms with Gasteiger partial charge in [0.1, 0.15) is 6.10 Å². The van der Waals surface area contributed by atoms with Crippen LogP contribution in [0.4, 0.5) is 0 Å². The van der Waals surface area contributed by atoms with Gasteiger partial charge in [-0.3, -0.25) is 4.79 Å². The Hall–Kier alpha value is 0.210. The van der Waals surface area contributed by atoms with Crippen molar-refractivity contribution in [3.05, 3.63) is 0 Å². The maximum Gasteiger partial charge on any atom is 0.193 e. The molecular formula is C4H6Cl2O2. The van der Waals surface area contributed by atoms with Gasteiger partial charge in [-0.25, -0.2) is 0 Å². The average molecular weight is 157 g/mol. The molecule has 0 aliphatic heterocycles. The van der Waals surface area contributed by atoms with Gasteiger partial charge >= 0.3 is 0 Å². The molecule has 48 valence electrons. The number of carbonyl (C=O) groups is 1. The monoisotopic (exact) mass is 156 g/mol. The smallest absolute Gasteiger partial charge is 0.193 e. The van der Waals surface area contributed by atoms with Crippen molar-refractivity contribution in [2.24, 2.45) is 0 Å². The van der Waals surface area contributed by atoms with E-state index in [-0.39, 0.29) is 0 Å². The second-order valence-corrected chi connectivity index (χ2v) is 2.48. The van der Waals surface area contributed by atoms with Crippen LogP contribution in [-0.4, -0.2) is 21.8 Å². The molecule has 2 nitrogen and oxygen atoms in total. The van der Waals surface area contributed by atoms with E-state index in [9.17, 15) is 4.79 Å². The molecule has 1 unspecified atom stereocenters. The van der Waals surface area contributed by atoms with Crippen molar-refractivity contribution in [3.8, 4) is 0 Å². The van der Waals surface area contributed by atoms with Gasteiger partial charge in [-0.15, -0.1) is 0 Å². The molecule has 0 radical (unpaired) electrons. The highest BCUT2D eigenvalue weighted by Crippen LogP contribution is 2.04. The van der Waals surface area contributed by atoms with Gasteiger partial charge in [0, 0.05) is 0 Å². The van der Waals surface area contributed by atoms with Crippen LogP contribution >= 0.6 is 23.2 Å². The minimum absolute atomic E-state index is 0.562. The molecule has 0 bridgehead atoms. The molecule has 1 N–H and O–H groups in total. The molecule has 0 fully saturated rings. The van der Waals surface area contributed by atoms with Crippen molar-refractivity contribution >= 4 is 29.0 Å². The summed E-state index contributed by atoms with van der Waals surface area (Å²) in [4.78, 5) is 9.23. The third kappa shape index (κ3) is 2.50. The van der Waals surface area contributed by atoms with Crippen molar-refractivity contribution in [2.45, 2.75) is 17.9 Å². The average Bonchev–Trinajstić information content (AvgIpc) is 1.64. The summed E-state index contributed by atoms with van der Waals surface area (Å²) in [6.45, 7) is 1.32. The van der Waals surface area contributed by atoms with Gasteiger partial charge < -0.3 is 5.11 Å². The maximum absolute atomic E-state index is 10.3. The van der Waals surface area contributed by atoms with Gasteiger partial charge in [-0.1, -0.05) is 23.2 Å². The van der Waals surface area contributed by atoms with Crippen molar-refractivity contribution < 1.29 is 9.90 Å². The SMILES string of the molecule is CC(O)C(=O)C(Cl)Cl. The highest BCUT2D eigenvalue weighted by atomic mass is 35.5. The maximum atomic E-state index is 10.3. The molecule has 8 heavy (non-hydrogen) atoms. The number of Topliss-reactive ketones (excluding diaryl/α,β-unsaturated/α-hetero) is 1. The molecule has 0 aliphatic rings. The van der Waals surface area contributed by atoms with Gasteiger partial charge in [-0.05, 0) is 6.92 Å². The second kappa shape index (κ2) is 3.28. The van der Waals surface area contributed by atoms with Crippen molar-refractivity contribution in [2.75, 3.05) is 0 Å². The predicted octanol–water partition coefficient (Wildman–Crippen LogP) is 0.740. The fraction of sp³-hybridized carbons (Fsp3) is 0.750. The lowest BCUT2D eigenvalue weighted by atomic mass is 10.3. The summed E-state index contributed by atoms with van der Waals surface area (Å²) < 4.78 is 0. The zero-order chi connectivity index (χ0) is 6.73. The van der Waals surface area contributed by atoms with E-state index in [4.69, 9.17) is 28.3 Å². The lowest BCUT2D eigenvalue weighted by molar-refractivity contribution is -0.124. The lowest BCUT2D eigenvalue weighted by Crippen LogP contribution is -2.21. The molecule has 0 aromatic rings. The first kappa shape index (κ1) is 8.21. The predicted molar refractivity (Wildman–Crippen MR) is 32.2 cm³/mol. The van der Waals surface area contributed by atoms with Gasteiger partial charge in [-0.2, -0.15) is 0 Å². The number of aliphatic hydroxyl groups excluding tert-OH is 1. The summed E-state index contributed by atoms with van der Waals surface area (Å²) in [6, 6.07) is 0. The van der Waals surface area contributed by atoms with Crippen LogP contribution in [0.15, 0.2) is 0 Å². The van der Waals surface area contributed by atoms with E-state index in [1.165, 1.54) is 6.92 Å². The third-order valence-corrected chi connectivity index (χ3v) is 1.06. The summed E-state index contributed by atoms with van der Waals surface area (Å²) in [7, 11) is 0. The molecular weight excluding hydrogens is 151 g/mol. The second-order valence-electron chi connectivity index (χ2n) is 1.38. The summed E-state index contributed by atoms with van der Waals surface area (Å²) in [5, 5.41) is 8.47. The number of halogens is 2. The fourth-order valence-corrected chi connectivity index (χ4v) is 0.547. The highest BCUT2D eigenvalue weighted by molar-refractivity contribution is 6.54. The molecule has 0 aliphatic carbocycles. The Morgan fingerprint density at radius 2 is 2.00 bits per heavy atom. The molecule has 0 amide bonds. The van der Waals surface area contributed by atoms with E-state index in [0.717, 1.165) is 0 Å². The Balaban J connectivity index is 3.65. The fourth-order valence-electron chi connectivity index (χ4n) is 0.182. The zero-order valence-corrected chi connectivity index (χ0v) is 5.78. The van der Waals surface area contributed by atoms with Crippen LogP contribution in [0, 0.1) is 0 Å². The quantitative estimate of drug-likeness (QED) is 0.600. The van der Waals surface area contributed by atoms with Gasteiger partial charge in [0.25, 0.3) is 0 Å². The van der Waals surface area contributed by atoms with E-state index >= 15 is 0 Å². The van der Waals surface area contributed by atoms with Crippen molar-refractivity contribution in [1.82, 2.24) is 0 Å². The van der Waals surface area contributed by atoms with Gasteiger partial charge in [0.2, 0.25) is 0 Å². The molecule has 0 spiro atoms. The number of rotatable bonds is 2. The van der Waals surface area contributed by atoms with E-state index in [2.05, 4.69) is 0 Å². The molecule has 4 heteroatoms. The number of aliphatic hydroxyl groups is 1. The highest BCUT2D eigenvalue weighted by Gasteiger charge is 2.16. The third-order valence-electron chi connectivity index (χ3n) is 0.627. The molecule has 0 aromatic carbocycles. The molecule has 0 heterocycles. The molecule has 0 rings (SSSR count). The minimum Gasteiger partial charge on any atom is -0.386 e. The normalized spacial score (nSPS) is 14.1. The lowest BCUT2D eigenvalue weighted by Gasteiger charge is -2.00. The van der Waals surface area contributed by atoms with Crippen molar-refractivity contribution in [3.63, 3.8) is 0 Å². The van der Waals surface area contributed by atoms with Crippen LogP contribution in [0.5, 0.6) is 0 Å². The largest absolute Gasteiger partial charge is 0.386 e. The van der Waals surface area contributed by atoms with Crippen molar-refractivity contribution in [1.29, 1.82) is 0 Å². The molecule has 1 atom stereocenters. The first-order valence-electron chi connectivity index (χ1n) is 2.05. The van der Waals surface area contributed by atoms with E-state index in [1.807, 2.05) is 0 Å². The van der Waals surface area contributed by atoms with E-state index in [0.29, 0.717) is 0 Å². The Kier molecular flexibility index (Phi) is 3.36. The summed E-state index contributed by atoms with van der Waals surface area (Å²) >= 11 is 10.2. The Labute approximate surface area is 57.4 Å². The number of carbonyl (C=O) groups excluding carboxylic acids is 1. The molecule has 0 saturated carbocycles. The molecule has 0 aromatic heterocycles. The minimum atomic E-state index is -1.10. The van der Waals surface area contributed by atoms with E-state index in [1.54, 1.807) is 0 Å². The van der Waals surface area contributed by atoms with Crippen LogP contribution < -0.4 is 0 Å². The summed E-state index contributed by atoms with van der Waals surface area (Å²) in [6.07, 6.45) is -1.06. The summed E-state index contributed by atoms with van der Waals surface area (Å²) in [5.74, 6) is -0.562. The Morgan fingerprint density at radius 3 is 2.00 bits per heavy atom. The molecule has 0 saturated heterocycles. The first-order valence-corrected chi connectivity index (χ1v) is 2.93. The number of alkyl halides is 2. The Bertz CT molecular complexity index is 80.0. The van der Waals surface area contributed by atoms with Crippen LogP contribution in [0.2, 0.25) is 0 Å². The van der Waals surface area contributed by atoms with Crippen LogP contribution in [0.1, 0.15) is 6.92 Å². The number of ketones is 1. The van der Waals surface area contributed by atoms with Gasteiger partial charge in [0.15, 0.2) is 10.6 Å². The first-order chi connectivity index (χ1) is 3.55. The van der Waals surface area contributed by atoms with Crippen LogP contribution in [0.25, 0.3) is 0 Å². The Morgan fingerprint density at radius 1 is 1.62 bits per heavy atom. The van der Waals surface area contributed by atoms with Gasteiger partial charge in [0.05, 0.1) is 0 Å². The standard InChI is InChI=1S/C4H6Cl2O2/c1-2(7)3(8)4(5)6/h2,4,7H,1H3. The number of hydrogen-bond donors (Lipinski definition) is 1. The van der Waals surface area contributed by atoms with Crippen LogP contribution in [0.3, 0.4) is 0 Å². The topological polar surface area (TPSA) is 37.3 Å². The zero-order valence-electron chi connectivity index (χ0n) is 4.27. The summed E-state index contributed by atoms with van der Waals surface area (Å²) in [5.41, 5.74) is 0.